The molecular weight excluding hydrogens is 381 g/mol. The Bertz CT molecular complexity index is 1120. The van der Waals surface area contributed by atoms with Crippen LogP contribution < -0.4 is 11.2 Å². The minimum Gasteiger partial charge on any atom is -0.366 e. The lowest BCUT2D eigenvalue weighted by Crippen LogP contribution is -2.15. The Morgan fingerprint density at radius 3 is 2.42 bits per heavy atom. The summed E-state index contributed by atoms with van der Waals surface area (Å²) in [6, 6.07) is 3.71. The van der Waals surface area contributed by atoms with E-state index in [1.807, 2.05) is 0 Å². The molecule has 0 spiro atoms. The normalized spacial score (nSPS) is 11.1. The van der Waals surface area contributed by atoms with Crippen molar-refractivity contribution in [1.29, 1.82) is 0 Å². The first-order valence-electron chi connectivity index (χ1n) is 6.34. The number of benzene rings is 2. The second-order valence-electron chi connectivity index (χ2n) is 4.87. The highest BCUT2D eigenvalue weighted by Gasteiger charge is 2.23. The maximum Gasteiger partial charge on any atom is 0.270 e. The van der Waals surface area contributed by atoms with Crippen molar-refractivity contribution < 1.29 is 9.72 Å². The first kappa shape index (κ1) is 16.5. The van der Waals surface area contributed by atoms with E-state index in [1.54, 1.807) is 0 Å². The van der Waals surface area contributed by atoms with Gasteiger partial charge < -0.3 is 10.7 Å². The van der Waals surface area contributed by atoms with Crippen LogP contribution in [-0.4, -0.2) is 15.8 Å². The average Bonchev–Trinajstić information content (AvgIpc) is 2.51. The highest BCUT2D eigenvalue weighted by Crippen LogP contribution is 2.38. The molecule has 0 aliphatic carbocycles. The second kappa shape index (κ2) is 5.62. The van der Waals surface area contributed by atoms with E-state index in [-0.39, 0.29) is 42.6 Å². The number of nitro benzene ring substituents is 1. The van der Waals surface area contributed by atoms with Gasteiger partial charge >= 0.3 is 0 Å². The van der Waals surface area contributed by atoms with Crippen LogP contribution >= 0.6 is 34.8 Å². The molecule has 0 saturated heterocycles. The highest BCUT2D eigenvalue weighted by atomic mass is 35.5. The number of nitrogens with zero attached hydrogens (tertiary/aromatic N) is 1. The van der Waals surface area contributed by atoms with E-state index in [1.165, 1.54) is 12.1 Å². The number of halogens is 3. The number of nitrogens with one attached hydrogen (secondary N) is 1. The van der Waals surface area contributed by atoms with Crippen LogP contribution in [0.25, 0.3) is 21.8 Å². The second-order valence-corrected chi connectivity index (χ2v) is 6.01. The number of nitrogens with two attached hydrogens (primary N) is 1. The molecule has 1 aromatic heterocycles. The van der Waals surface area contributed by atoms with E-state index in [9.17, 15) is 19.7 Å². The summed E-state index contributed by atoms with van der Waals surface area (Å²) in [7, 11) is 0. The fraction of sp³-hybridized carbons (Fsp3) is 0. The summed E-state index contributed by atoms with van der Waals surface area (Å²) >= 11 is 18.3. The third-order valence-corrected chi connectivity index (χ3v) is 4.74. The molecule has 0 fully saturated rings. The largest absolute Gasteiger partial charge is 0.366 e. The van der Waals surface area contributed by atoms with Gasteiger partial charge in [0, 0.05) is 12.1 Å². The molecule has 7 nitrogen and oxygen atoms in total. The predicted octanol–water partition coefficient (Wildman–Crippen LogP) is 3.65. The smallest absolute Gasteiger partial charge is 0.270 e. The Labute approximate surface area is 148 Å². The van der Waals surface area contributed by atoms with E-state index in [0.29, 0.717) is 5.52 Å². The van der Waals surface area contributed by atoms with Gasteiger partial charge in [0.05, 0.1) is 47.4 Å². The predicted molar refractivity (Wildman–Crippen MR) is 92.3 cm³/mol. The molecule has 0 unspecified atom stereocenters. The van der Waals surface area contributed by atoms with Crippen molar-refractivity contribution in [3.8, 4) is 0 Å². The van der Waals surface area contributed by atoms with Crippen LogP contribution in [0.5, 0.6) is 0 Å². The van der Waals surface area contributed by atoms with Crippen LogP contribution in [0.3, 0.4) is 0 Å². The van der Waals surface area contributed by atoms with Crippen LogP contribution in [0.1, 0.15) is 10.4 Å². The average molecular weight is 387 g/mol. The topological polar surface area (TPSA) is 119 Å². The quantitative estimate of drug-likeness (QED) is 0.302. The molecular formula is C14H6Cl3N3O4. The third kappa shape index (κ3) is 2.29. The minimum atomic E-state index is -0.952. The summed E-state index contributed by atoms with van der Waals surface area (Å²) in [4.78, 5) is 37.4. The number of H-pyrrole nitrogens is 1. The Kier molecular flexibility index (Phi) is 3.87. The number of hydrogen-bond donors (Lipinski definition) is 2. The molecule has 1 amide bonds. The number of rotatable bonds is 2. The Morgan fingerprint density at radius 2 is 1.83 bits per heavy atom. The number of pyridine rings is 1. The molecule has 2 aromatic carbocycles. The molecule has 0 bridgehead atoms. The van der Waals surface area contributed by atoms with Gasteiger partial charge in [-0.15, -0.1) is 0 Å². The summed E-state index contributed by atoms with van der Waals surface area (Å²) in [6.07, 6.45) is 0. The van der Waals surface area contributed by atoms with Gasteiger partial charge in [-0.3, -0.25) is 19.7 Å². The first-order chi connectivity index (χ1) is 11.2. The number of nitro groups is 1. The van der Waals surface area contributed by atoms with Crippen LogP contribution in [0, 0.1) is 10.1 Å². The molecule has 0 saturated carbocycles. The Hall–Kier alpha value is -2.35. The summed E-state index contributed by atoms with van der Waals surface area (Å²) in [6.45, 7) is 0. The van der Waals surface area contributed by atoms with Crippen LogP contribution in [-0.2, 0) is 0 Å². The van der Waals surface area contributed by atoms with Gasteiger partial charge in [0.2, 0.25) is 0 Å². The summed E-state index contributed by atoms with van der Waals surface area (Å²) in [5, 5.41) is 10.3. The molecule has 24 heavy (non-hydrogen) atoms. The van der Waals surface area contributed by atoms with Gasteiger partial charge in [-0.05, 0) is 6.07 Å². The summed E-state index contributed by atoms with van der Waals surface area (Å²) in [5.74, 6) is -0.952. The number of aromatic nitrogens is 1. The number of hydrogen-bond acceptors (Lipinski definition) is 4. The van der Waals surface area contributed by atoms with Gasteiger partial charge in [0.1, 0.15) is 0 Å². The van der Waals surface area contributed by atoms with Crippen molar-refractivity contribution in [3.63, 3.8) is 0 Å². The lowest BCUT2D eigenvalue weighted by molar-refractivity contribution is -0.384. The Balaban J connectivity index is 2.59. The standard InChI is InChI=1S/C14H6Cl3N3O4/c15-9-7(14(18)22)10(16)11(17)12-8(9)13(21)5-3-4(20(23)24)1-2-6(5)19-12/h1-3H,(H2,18,22)(H,19,21). The molecule has 3 aromatic rings. The van der Waals surface area contributed by atoms with Crippen LogP contribution in [0.2, 0.25) is 15.1 Å². The van der Waals surface area contributed by atoms with Gasteiger partial charge in [-0.1, -0.05) is 34.8 Å². The van der Waals surface area contributed by atoms with Gasteiger partial charge in [0.25, 0.3) is 11.6 Å². The van der Waals surface area contributed by atoms with Crippen LogP contribution in [0.15, 0.2) is 23.0 Å². The monoisotopic (exact) mass is 385 g/mol. The van der Waals surface area contributed by atoms with E-state index in [2.05, 4.69) is 4.98 Å². The lowest BCUT2D eigenvalue weighted by atomic mass is 10.1. The van der Waals surface area contributed by atoms with E-state index < -0.39 is 16.3 Å². The number of non-ortho nitro benzene ring substituents is 1. The maximum absolute atomic E-state index is 12.7. The molecule has 1 heterocycles. The SMILES string of the molecule is NC(=O)c1c(Cl)c(Cl)c2[nH]c3ccc([N+](=O)[O-])cc3c(=O)c2c1Cl. The number of fused-ring (bicyclic) bond motifs is 2. The van der Waals surface area contributed by atoms with Gasteiger partial charge in [-0.2, -0.15) is 0 Å². The number of primary amides is 1. The van der Waals surface area contributed by atoms with Crippen LogP contribution in [0.4, 0.5) is 5.69 Å². The van der Waals surface area contributed by atoms with Crippen molar-refractivity contribution >= 4 is 68.2 Å². The molecule has 3 N–H and O–H groups in total. The number of carbonyl (C=O) groups is 1. The zero-order chi connectivity index (χ0) is 17.8. The molecule has 0 aliphatic rings. The van der Waals surface area contributed by atoms with E-state index >= 15 is 0 Å². The first-order valence-corrected chi connectivity index (χ1v) is 7.47. The van der Waals surface area contributed by atoms with Crippen molar-refractivity contribution in [1.82, 2.24) is 4.98 Å². The van der Waals surface area contributed by atoms with Gasteiger partial charge in [0.15, 0.2) is 5.43 Å². The lowest BCUT2D eigenvalue weighted by Gasteiger charge is -2.11. The summed E-state index contributed by atoms with van der Waals surface area (Å²) < 4.78 is 0. The zero-order valence-electron chi connectivity index (χ0n) is 11.5. The number of aromatic amines is 1. The molecule has 3 rings (SSSR count). The molecule has 122 valence electrons. The van der Waals surface area contributed by atoms with Crippen molar-refractivity contribution in [2.45, 2.75) is 0 Å². The zero-order valence-corrected chi connectivity index (χ0v) is 13.8. The number of carbonyl (C=O) groups excluding carboxylic acids is 1. The van der Waals surface area contributed by atoms with Crippen molar-refractivity contribution in [3.05, 3.63) is 59.2 Å². The molecule has 0 aliphatic heterocycles. The Morgan fingerprint density at radius 1 is 1.17 bits per heavy atom. The third-order valence-electron chi connectivity index (χ3n) is 3.51. The van der Waals surface area contributed by atoms with E-state index in [0.717, 1.165) is 6.07 Å². The van der Waals surface area contributed by atoms with Crippen molar-refractivity contribution in [2.24, 2.45) is 5.73 Å². The van der Waals surface area contributed by atoms with Gasteiger partial charge in [-0.25, -0.2) is 0 Å². The minimum absolute atomic E-state index is 0.0207. The molecule has 0 atom stereocenters. The number of amides is 1. The fourth-order valence-electron chi connectivity index (χ4n) is 2.42. The highest BCUT2D eigenvalue weighted by molar-refractivity contribution is 6.50. The molecule has 0 radical (unpaired) electrons. The summed E-state index contributed by atoms with van der Waals surface area (Å²) in [5.41, 5.74) is 4.47. The maximum atomic E-state index is 12.7. The van der Waals surface area contributed by atoms with E-state index in [4.69, 9.17) is 40.5 Å². The molecule has 10 heteroatoms. The van der Waals surface area contributed by atoms with Crippen molar-refractivity contribution in [2.75, 3.05) is 0 Å². The fourth-order valence-corrected chi connectivity index (χ4v) is 3.35.